The van der Waals surface area contributed by atoms with Crippen LogP contribution in [0.2, 0.25) is 5.02 Å². The third kappa shape index (κ3) is 2.50. The molecule has 1 aromatic carbocycles. The number of nitrogens with one attached hydrogen (secondary N) is 1. The van der Waals surface area contributed by atoms with Crippen molar-refractivity contribution in [3.8, 4) is 5.75 Å². The summed E-state index contributed by atoms with van der Waals surface area (Å²) in [4.78, 5) is 3.86. The Morgan fingerprint density at radius 1 is 1.38 bits per heavy atom. The molecule has 2 rings (SSSR count). The topological polar surface area (TPSA) is 71.2 Å². The van der Waals surface area contributed by atoms with Crippen LogP contribution in [0, 0.1) is 0 Å². The molecule has 16 heavy (non-hydrogen) atoms. The molecule has 0 amide bonds. The van der Waals surface area contributed by atoms with E-state index >= 15 is 0 Å². The molecule has 1 heterocycles. The van der Waals surface area contributed by atoms with E-state index in [0.29, 0.717) is 29.5 Å². The van der Waals surface area contributed by atoms with E-state index in [2.05, 4.69) is 20.0 Å². The lowest BCUT2D eigenvalue weighted by atomic mass is 10.2. The number of hydrogen-bond donors (Lipinski definition) is 2. The molecule has 0 fully saturated rings. The largest absolute Gasteiger partial charge is 0.508 e. The van der Waals surface area contributed by atoms with Crippen LogP contribution < -0.4 is 5.32 Å². The maximum absolute atomic E-state index is 9.57. The Hall–Kier alpha value is -1.59. The van der Waals surface area contributed by atoms with Crippen LogP contribution in [0.15, 0.2) is 29.1 Å². The number of nitrogens with zero attached hydrogens (tertiary/aromatic N) is 2. The van der Waals surface area contributed by atoms with Crippen molar-refractivity contribution in [2.45, 2.75) is 13.1 Å². The average Bonchev–Trinajstić information content (AvgIpc) is 2.75. The summed E-state index contributed by atoms with van der Waals surface area (Å²) in [6.45, 7) is 0.904. The third-order valence-electron chi connectivity index (χ3n) is 2.09. The van der Waals surface area contributed by atoms with Crippen molar-refractivity contribution in [1.29, 1.82) is 0 Å². The quantitative estimate of drug-likeness (QED) is 0.850. The van der Waals surface area contributed by atoms with Gasteiger partial charge in [-0.05, 0) is 12.1 Å². The fourth-order valence-electron chi connectivity index (χ4n) is 1.29. The summed E-state index contributed by atoms with van der Waals surface area (Å²) in [5.41, 5.74) is 0.660. The molecule has 0 atom stereocenters. The molecule has 6 heteroatoms. The van der Waals surface area contributed by atoms with Crippen molar-refractivity contribution in [2.75, 3.05) is 0 Å². The van der Waals surface area contributed by atoms with Gasteiger partial charge in [0.15, 0.2) is 5.82 Å². The molecular formula is C10H10ClN3O2. The van der Waals surface area contributed by atoms with Gasteiger partial charge < -0.3 is 14.9 Å². The highest BCUT2D eigenvalue weighted by Crippen LogP contribution is 2.24. The lowest BCUT2D eigenvalue weighted by molar-refractivity contribution is 0.407. The first-order chi connectivity index (χ1) is 7.77. The first-order valence-electron chi connectivity index (χ1n) is 4.69. The molecule has 0 radical (unpaired) electrons. The van der Waals surface area contributed by atoms with Crippen molar-refractivity contribution < 1.29 is 9.63 Å². The molecule has 0 unspecified atom stereocenters. The number of hydrogen-bond acceptors (Lipinski definition) is 5. The minimum atomic E-state index is 0.174. The van der Waals surface area contributed by atoms with Gasteiger partial charge in [-0.2, -0.15) is 4.98 Å². The molecule has 0 bridgehead atoms. The zero-order valence-corrected chi connectivity index (χ0v) is 9.11. The van der Waals surface area contributed by atoms with E-state index in [0.717, 1.165) is 0 Å². The Bertz CT molecular complexity index is 439. The van der Waals surface area contributed by atoms with Crippen molar-refractivity contribution in [2.24, 2.45) is 0 Å². The van der Waals surface area contributed by atoms with Crippen LogP contribution in [0.4, 0.5) is 0 Å². The number of phenols is 1. The zero-order valence-electron chi connectivity index (χ0n) is 8.35. The first-order valence-corrected chi connectivity index (χ1v) is 5.07. The number of phenolic OH excluding ortho intramolecular Hbond substituents is 1. The number of aromatic nitrogens is 2. The van der Waals surface area contributed by atoms with Gasteiger partial charge in [-0.3, -0.25) is 0 Å². The van der Waals surface area contributed by atoms with Crippen LogP contribution in [0.3, 0.4) is 0 Å². The van der Waals surface area contributed by atoms with Gasteiger partial charge in [-0.15, -0.1) is 0 Å². The highest BCUT2D eigenvalue weighted by molar-refractivity contribution is 6.31. The summed E-state index contributed by atoms with van der Waals surface area (Å²) in [5, 5.41) is 16.8. The molecule has 0 saturated heterocycles. The van der Waals surface area contributed by atoms with Crippen molar-refractivity contribution >= 4 is 11.6 Å². The molecule has 0 aliphatic heterocycles. The summed E-state index contributed by atoms with van der Waals surface area (Å²) in [5.74, 6) is 0.736. The molecule has 2 aromatic rings. The lowest BCUT2D eigenvalue weighted by Gasteiger charge is -2.06. The smallest absolute Gasteiger partial charge is 0.213 e. The summed E-state index contributed by atoms with van der Waals surface area (Å²) >= 11 is 5.94. The molecule has 1 aromatic heterocycles. The molecule has 0 aliphatic rings. The Balaban J connectivity index is 1.95. The second-order valence-corrected chi connectivity index (χ2v) is 3.60. The van der Waals surface area contributed by atoms with Crippen LogP contribution in [-0.2, 0) is 13.1 Å². The molecule has 0 aliphatic carbocycles. The van der Waals surface area contributed by atoms with Gasteiger partial charge in [-0.25, -0.2) is 0 Å². The minimum absolute atomic E-state index is 0.174. The van der Waals surface area contributed by atoms with Gasteiger partial charge in [0.05, 0.1) is 6.54 Å². The fraction of sp³-hybridized carbons (Fsp3) is 0.200. The van der Waals surface area contributed by atoms with Crippen molar-refractivity contribution in [1.82, 2.24) is 15.5 Å². The van der Waals surface area contributed by atoms with E-state index in [1.807, 2.05) is 0 Å². The van der Waals surface area contributed by atoms with Gasteiger partial charge in [0.1, 0.15) is 5.75 Å². The molecular weight excluding hydrogens is 230 g/mol. The Morgan fingerprint density at radius 2 is 2.25 bits per heavy atom. The van der Waals surface area contributed by atoms with Gasteiger partial charge in [0, 0.05) is 17.1 Å². The van der Waals surface area contributed by atoms with E-state index < -0.39 is 0 Å². The van der Waals surface area contributed by atoms with Gasteiger partial charge in [0.25, 0.3) is 0 Å². The maximum atomic E-state index is 9.57. The molecule has 5 nitrogen and oxygen atoms in total. The number of aromatic hydroxyl groups is 1. The summed E-state index contributed by atoms with van der Waals surface area (Å²) in [6, 6.07) is 5.02. The number of halogens is 1. The predicted octanol–water partition coefficient (Wildman–Crippen LogP) is 1.72. The number of benzene rings is 1. The fourth-order valence-corrected chi connectivity index (χ4v) is 1.53. The van der Waals surface area contributed by atoms with Crippen molar-refractivity contribution in [3.05, 3.63) is 41.0 Å². The monoisotopic (exact) mass is 239 g/mol. The lowest BCUT2D eigenvalue weighted by Crippen LogP contribution is -2.14. The highest BCUT2D eigenvalue weighted by Gasteiger charge is 2.06. The third-order valence-corrected chi connectivity index (χ3v) is 2.44. The zero-order chi connectivity index (χ0) is 11.4. The first kappa shape index (κ1) is 10.9. The van der Waals surface area contributed by atoms with Gasteiger partial charge in [0.2, 0.25) is 6.39 Å². The van der Waals surface area contributed by atoms with Crippen LogP contribution in [0.1, 0.15) is 11.4 Å². The van der Waals surface area contributed by atoms with Crippen molar-refractivity contribution in [3.63, 3.8) is 0 Å². The normalized spacial score (nSPS) is 10.6. The van der Waals surface area contributed by atoms with Gasteiger partial charge in [-0.1, -0.05) is 22.8 Å². The summed E-state index contributed by atoms with van der Waals surface area (Å²) in [7, 11) is 0. The molecule has 2 N–H and O–H groups in total. The van der Waals surface area contributed by atoms with E-state index in [4.69, 9.17) is 11.6 Å². The highest BCUT2D eigenvalue weighted by atomic mass is 35.5. The maximum Gasteiger partial charge on any atom is 0.213 e. The van der Waals surface area contributed by atoms with E-state index in [-0.39, 0.29) is 5.75 Å². The predicted molar refractivity (Wildman–Crippen MR) is 58.0 cm³/mol. The summed E-state index contributed by atoms with van der Waals surface area (Å²) in [6.07, 6.45) is 1.27. The minimum Gasteiger partial charge on any atom is -0.508 e. The SMILES string of the molecule is Oc1cccc(Cl)c1CNCc1ncon1. The standard InChI is InChI=1S/C10H10ClN3O2/c11-8-2-1-3-9(15)7(8)4-12-5-10-13-6-16-14-10/h1-3,6,12,15H,4-5H2. The van der Waals surface area contributed by atoms with Crippen LogP contribution in [0.25, 0.3) is 0 Å². The Morgan fingerprint density at radius 3 is 2.94 bits per heavy atom. The molecule has 0 saturated carbocycles. The summed E-state index contributed by atoms with van der Waals surface area (Å²) < 4.78 is 4.59. The Kier molecular flexibility index (Phi) is 3.38. The van der Waals surface area contributed by atoms with E-state index in [1.54, 1.807) is 18.2 Å². The van der Waals surface area contributed by atoms with Crippen LogP contribution in [0.5, 0.6) is 5.75 Å². The second kappa shape index (κ2) is 4.96. The molecule has 0 spiro atoms. The molecule has 84 valence electrons. The van der Waals surface area contributed by atoms with E-state index in [9.17, 15) is 5.11 Å². The average molecular weight is 240 g/mol. The Labute approximate surface area is 97.1 Å². The second-order valence-electron chi connectivity index (χ2n) is 3.19. The van der Waals surface area contributed by atoms with E-state index in [1.165, 1.54) is 6.39 Å². The van der Waals surface area contributed by atoms with Gasteiger partial charge >= 0.3 is 0 Å². The van der Waals surface area contributed by atoms with Crippen LogP contribution >= 0.6 is 11.6 Å². The van der Waals surface area contributed by atoms with Crippen LogP contribution in [-0.4, -0.2) is 15.2 Å². The number of rotatable bonds is 4.